The number of ketones is 1. The van der Waals surface area contributed by atoms with Gasteiger partial charge in [-0.2, -0.15) is 0 Å². The Morgan fingerprint density at radius 1 is 1.50 bits per heavy atom. The standard InChI is InChI=1S/C8H6F3NO2/c1-5(13)6-3-2-4-12-7(6)14-8(9,10)11/h2-4H,1H3. The summed E-state index contributed by atoms with van der Waals surface area (Å²) in [5, 5.41) is 0. The summed E-state index contributed by atoms with van der Waals surface area (Å²) in [4.78, 5) is 14.2. The Morgan fingerprint density at radius 3 is 2.64 bits per heavy atom. The molecular formula is C8H6F3NO2. The summed E-state index contributed by atoms with van der Waals surface area (Å²) < 4.78 is 39.0. The Morgan fingerprint density at radius 2 is 2.14 bits per heavy atom. The molecule has 76 valence electrons. The number of nitrogens with zero attached hydrogens (tertiary/aromatic N) is 1. The fourth-order valence-electron chi connectivity index (χ4n) is 0.850. The fraction of sp³-hybridized carbons (Fsp3) is 0.250. The van der Waals surface area contributed by atoms with Crippen molar-refractivity contribution in [3.05, 3.63) is 23.9 Å². The first kappa shape index (κ1) is 10.5. The molecule has 0 aromatic carbocycles. The number of hydrogen-bond acceptors (Lipinski definition) is 3. The highest BCUT2D eigenvalue weighted by atomic mass is 19.4. The van der Waals surface area contributed by atoms with E-state index in [1.54, 1.807) is 0 Å². The van der Waals surface area contributed by atoms with Gasteiger partial charge in [-0.15, -0.1) is 13.2 Å². The molecular weight excluding hydrogens is 199 g/mol. The van der Waals surface area contributed by atoms with Gasteiger partial charge in [0.2, 0.25) is 5.88 Å². The zero-order valence-electron chi connectivity index (χ0n) is 7.13. The molecule has 1 rings (SSSR count). The Labute approximate surface area is 77.5 Å². The lowest BCUT2D eigenvalue weighted by atomic mass is 10.2. The second kappa shape index (κ2) is 3.65. The molecule has 3 nitrogen and oxygen atoms in total. The average Bonchev–Trinajstić information content (AvgIpc) is 2.01. The first-order valence-corrected chi connectivity index (χ1v) is 3.62. The van der Waals surface area contributed by atoms with Crippen molar-refractivity contribution in [2.75, 3.05) is 0 Å². The smallest absolute Gasteiger partial charge is 0.387 e. The number of Topliss-reactive ketones (excluding diaryl/α,β-unsaturated/α-hetero) is 1. The summed E-state index contributed by atoms with van der Waals surface area (Å²) >= 11 is 0. The molecule has 0 saturated heterocycles. The maximum atomic E-state index is 11.8. The molecule has 0 aliphatic heterocycles. The topological polar surface area (TPSA) is 39.2 Å². The molecule has 0 N–H and O–H groups in total. The van der Waals surface area contributed by atoms with Crippen LogP contribution in [-0.2, 0) is 0 Å². The minimum atomic E-state index is -4.83. The van der Waals surface area contributed by atoms with Crippen LogP contribution in [0.4, 0.5) is 13.2 Å². The van der Waals surface area contributed by atoms with E-state index in [-0.39, 0.29) is 5.56 Å². The number of ether oxygens (including phenoxy) is 1. The molecule has 1 aromatic rings. The van der Waals surface area contributed by atoms with Crippen LogP contribution in [0.3, 0.4) is 0 Å². The molecule has 0 radical (unpaired) electrons. The third-order valence-electron chi connectivity index (χ3n) is 1.36. The van der Waals surface area contributed by atoms with E-state index in [4.69, 9.17) is 0 Å². The number of aromatic nitrogens is 1. The first-order chi connectivity index (χ1) is 6.40. The Balaban J connectivity index is 3.02. The van der Waals surface area contributed by atoms with E-state index in [2.05, 4.69) is 9.72 Å². The van der Waals surface area contributed by atoms with Crippen molar-refractivity contribution in [1.29, 1.82) is 0 Å². The highest BCUT2D eigenvalue weighted by Gasteiger charge is 2.33. The molecule has 1 heterocycles. The zero-order valence-corrected chi connectivity index (χ0v) is 7.13. The maximum absolute atomic E-state index is 11.8. The molecule has 0 saturated carbocycles. The van der Waals surface area contributed by atoms with Gasteiger partial charge in [0.25, 0.3) is 0 Å². The van der Waals surface area contributed by atoms with E-state index in [0.717, 1.165) is 13.1 Å². The quantitative estimate of drug-likeness (QED) is 0.694. The van der Waals surface area contributed by atoms with Crippen LogP contribution in [0.5, 0.6) is 5.88 Å². The summed E-state index contributed by atoms with van der Waals surface area (Å²) in [6, 6.07) is 2.58. The number of carbonyl (C=O) groups is 1. The molecule has 0 aliphatic carbocycles. The van der Waals surface area contributed by atoms with Crippen molar-refractivity contribution in [2.45, 2.75) is 13.3 Å². The third-order valence-corrected chi connectivity index (χ3v) is 1.36. The predicted molar refractivity (Wildman–Crippen MR) is 40.9 cm³/mol. The maximum Gasteiger partial charge on any atom is 0.574 e. The molecule has 0 bridgehead atoms. The van der Waals surface area contributed by atoms with E-state index >= 15 is 0 Å². The van der Waals surface area contributed by atoms with Crippen LogP contribution in [-0.4, -0.2) is 17.1 Å². The van der Waals surface area contributed by atoms with Crippen molar-refractivity contribution in [3.63, 3.8) is 0 Å². The average molecular weight is 205 g/mol. The van der Waals surface area contributed by atoms with Crippen molar-refractivity contribution in [3.8, 4) is 5.88 Å². The van der Waals surface area contributed by atoms with E-state index in [1.807, 2.05) is 0 Å². The number of halogens is 3. The van der Waals surface area contributed by atoms with Crippen LogP contribution < -0.4 is 4.74 Å². The largest absolute Gasteiger partial charge is 0.574 e. The summed E-state index contributed by atoms with van der Waals surface area (Å²) in [6.07, 6.45) is -3.72. The molecule has 0 aliphatic rings. The number of carbonyl (C=O) groups excluding carboxylic acids is 1. The zero-order chi connectivity index (χ0) is 10.8. The predicted octanol–water partition coefficient (Wildman–Crippen LogP) is 2.18. The van der Waals surface area contributed by atoms with Crippen LogP contribution in [0, 0.1) is 0 Å². The van der Waals surface area contributed by atoms with Gasteiger partial charge in [-0.25, -0.2) is 4.98 Å². The molecule has 0 atom stereocenters. The molecule has 14 heavy (non-hydrogen) atoms. The van der Waals surface area contributed by atoms with Crippen LogP contribution >= 0.6 is 0 Å². The van der Waals surface area contributed by atoms with E-state index in [9.17, 15) is 18.0 Å². The van der Waals surface area contributed by atoms with Crippen molar-refractivity contribution in [1.82, 2.24) is 4.98 Å². The second-order valence-corrected chi connectivity index (χ2v) is 2.46. The lowest BCUT2D eigenvalue weighted by Gasteiger charge is -2.09. The summed E-state index contributed by atoms with van der Waals surface area (Å²) in [6.45, 7) is 1.14. The lowest BCUT2D eigenvalue weighted by Crippen LogP contribution is -2.19. The third kappa shape index (κ3) is 2.72. The van der Waals surface area contributed by atoms with Gasteiger partial charge in [0, 0.05) is 6.20 Å². The molecule has 1 aromatic heterocycles. The van der Waals surface area contributed by atoms with Crippen LogP contribution in [0.15, 0.2) is 18.3 Å². The molecule has 6 heteroatoms. The van der Waals surface area contributed by atoms with Gasteiger partial charge in [-0.3, -0.25) is 4.79 Å². The van der Waals surface area contributed by atoms with Gasteiger partial charge in [-0.1, -0.05) is 0 Å². The van der Waals surface area contributed by atoms with Gasteiger partial charge in [0.1, 0.15) is 0 Å². The Kier molecular flexibility index (Phi) is 2.73. The van der Waals surface area contributed by atoms with Gasteiger partial charge in [0.15, 0.2) is 5.78 Å². The van der Waals surface area contributed by atoms with Crippen molar-refractivity contribution < 1.29 is 22.7 Å². The van der Waals surface area contributed by atoms with Gasteiger partial charge in [0.05, 0.1) is 5.56 Å². The van der Waals surface area contributed by atoms with E-state index in [0.29, 0.717) is 0 Å². The first-order valence-electron chi connectivity index (χ1n) is 3.62. The number of pyridine rings is 1. The van der Waals surface area contributed by atoms with E-state index in [1.165, 1.54) is 12.1 Å². The molecule has 0 fully saturated rings. The van der Waals surface area contributed by atoms with Crippen molar-refractivity contribution in [2.24, 2.45) is 0 Å². The summed E-state index contributed by atoms with van der Waals surface area (Å²) in [7, 11) is 0. The summed E-state index contributed by atoms with van der Waals surface area (Å²) in [5.74, 6) is -1.25. The second-order valence-electron chi connectivity index (χ2n) is 2.46. The normalized spacial score (nSPS) is 11.1. The highest BCUT2D eigenvalue weighted by molar-refractivity contribution is 5.96. The number of alkyl halides is 3. The summed E-state index contributed by atoms with van der Waals surface area (Å²) in [5.41, 5.74) is -0.190. The highest BCUT2D eigenvalue weighted by Crippen LogP contribution is 2.23. The Hall–Kier alpha value is -1.59. The lowest BCUT2D eigenvalue weighted by molar-refractivity contribution is -0.276. The van der Waals surface area contributed by atoms with Gasteiger partial charge < -0.3 is 4.74 Å². The van der Waals surface area contributed by atoms with Gasteiger partial charge in [-0.05, 0) is 19.1 Å². The number of hydrogen-bond donors (Lipinski definition) is 0. The molecule has 0 amide bonds. The Bertz CT molecular complexity index is 349. The molecule has 0 unspecified atom stereocenters. The van der Waals surface area contributed by atoms with Crippen LogP contribution in [0.2, 0.25) is 0 Å². The fourth-order valence-corrected chi connectivity index (χ4v) is 0.850. The minimum Gasteiger partial charge on any atom is -0.387 e. The van der Waals surface area contributed by atoms with Gasteiger partial charge >= 0.3 is 6.36 Å². The molecule has 0 spiro atoms. The van der Waals surface area contributed by atoms with Crippen LogP contribution in [0.1, 0.15) is 17.3 Å². The number of rotatable bonds is 2. The van der Waals surface area contributed by atoms with Crippen molar-refractivity contribution >= 4 is 5.78 Å². The minimum absolute atomic E-state index is 0.190. The van der Waals surface area contributed by atoms with E-state index < -0.39 is 18.0 Å². The monoisotopic (exact) mass is 205 g/mol. The SMILES string of the molecule is CC(=O)c1cccnc1OC(F)(F)F. The van der Waals surface area contributed by atoms with Crippen LogP contribution in [0.25, 0.3) is 0 Å².